The molecule has 30 heavy (non-hydrogen) atoms. The second-order valence-corrected chi connectivity index (χ2v) is 9.22. The maximum atomic E-state index is 13.2. The van der Waals surface area contributed by atoms with Gasteiger partial charge in [-0.15, -0.1) is 0 Å². The van der Waals surface area contributed by atoms with Crippen LogP contribution in [0, 0.1) is 5.41 Å². The summed E-state index contributed by atoms with van der Waals surface area (Å²) >= 11 is 0. The number of rotatable bonds is 8. The second-order valence-electron chi connectivity index (χ2n) is 9.22. The topological polar surface area (TPSA) is 95.7 Å². The lowest BCUT2D eigenvalue weighted by Crippen LogP contribution is -2.46. The van der Waals surface area contributed by atoms with E-state index in [0.29, 0.717) is 39.0 Å². The first-order valence-electron chi connectivity index (χ1n) is 10.7. The van der Waals surface area contributed by atoms with Crippen LogP contribution in [0.25, 0.3) is 0 Å². The van der Waals surface area contributed by atoms with Crippen LogP contribution in [0.5, 0.6) is 0 Å². The number of hydrogen-bond donors (Lipinski definition) is 2. The molecule has 3 N–H and O–H groups in total. The highest BCUT2D eigenvalue weighted by molar-refractivity contribution is 5.88. The Bertz CT molecular complexity index is 730. The van der Waals surface area contributed by atoms with E-state index in [1.165, 1.54) is 6.92 Å². The van der Waals surface area contributed by atoms with Gasteiger partial charge in [-0.3, -0.25) is 14.4 Å². The van der Waals surface area contributed by atoms with Gasteiger partial charge in [0, 0.05) is 39.5 Å². The third kappa shape index (κ3) is 6.83. The van der Waals surface area contributed by atoms with Crippen molar-refractivity contribution in [1.82, 2.24) is 15.1 Å². The molecule has 7 nitrogen and oxygen atoms in total. The SMILES string of the molecule is CC(=O)N1CC(N(CCc2ccccc2)C(=O)CC(C)(C)C)CC1C(=O)NCCN. The van der Waals surface area contributed by atoms with Crippen molar-refractivity contribution in [2.24, 2.45) is 11.1 Å². The molecule has 2 unspecified atom stereocenters. The molecule has 1 aromatic carbocycles. The molecular weight excluding hydrogens is 380 g/mol. The summed E-state index contributed by atoms with van der Waals surface area (Å²) in [6.45, 7) is 9.24. The van der Waals surface area contributed by atoms with Gasteiger partial charge in [0.1, 0.15) is 6.04 Å². The Morgan fingerprint density at radius 2 is 1.87 bits per heavy atom. The summed E-state index contributed by atoms with van der Waals surface area (Å²) in [4.78, 5) is 41.5. The minimum atomic E-state index is -0.569. The molecule has 1 aliphatic rings. The van der Waals surface area contributed by atoms with Gasteiger partial charge in [0.15, 0.2) is 0 Å². The van der Waals surface area contributed by atoms with Gasteiger partial charge in [-0.2, -0.15) is 0 Å². The molecular formula is C23H36N4O3. The van der Waals surface area contributed by atoms with Crippen LogP contribution in [0.3, 0.4) is 0 Å². The van der Waals surface area contributed by atoms with Gasteiger partial charge < -0.3 is 20.9 Å². The molecule has 1 aromatic rings. The molecule has 0 radical (unpaired) electrons. The Morgan fingerprint density at radius 1 is 1.20 bits per heavy atom. The first-order valence-corrected chi connectivity index (χ1v) is 10.7. The van der Waals surface area contributed by atoms with Crippen LogP contribution in [0.15, 0.2) is 30.3 Å². The molecule has 7 heteroatoms. The molecule has 1 heterocycles. The third-order valence-corrected chi connectivity index (χ3v) is 5.36. The Labute approximate surface area is 180 Å². The molecule has 1 saturated heterocycles. The van der Waals surface area contributed by atoms with Crippen LogP contribution >= 0.6 is 0 Å². The predicted molar refractivity (Wildman–Crippen MR) is 118 cm³/mol. The van der Waals surface area contributed by atoms with Gasteiger partial charge >= 0.3 is 0 Å². The fourth-order valence-electron chi connectivity index (χ4n) is 3.91. The van der Waals surface area contributed by atoms with E-state index in [2.05, 4.69) is 5.32 Å². The number of carbonyl (C=O) groups is 3. The van der Waals surface area contributed by atoms with Crippen molar-refractivity contribution in [3.05, 3.63) is 35.9 Å². The molecule has 2 atom stereocenters. The summed E-state index contributed by atoms with van der Waals surface area (Å²) in [6.07, 6.45) is 1.60. The van der Waals surface area contributed by atoms with Crippen molar-refractivity contribution in [1.29, 1.82) is 0 Å². The number of likely N-dealkylation sites (tertiary alicyclic amines) is 1. The summed E-state index contributed by atoms with van der Waals surface area (Å²) in [5.41, 5.74) is 6.51. The zero-order valence-electron chi connectivity index (χ0n) is 18.7. The molecule has 0 bridgehead atoms. The molecule has 166 valence electrons. The van der Waals surface area contributed by atoms with E-state index < -0.39 is 6.04 Å². The molecule has 1 aliphatic heterocycles. The summed E-state index contributed by atoms with van der Waals surface area (Å²) in [6, 6.07) is 9.29. The number of nitrogens with zero attached hydrogens (tertiary/aromatic N) is 2. The van der Waals surface area contributed by atoms with E-state index >= 15 is 0 Å². The Morgan fingerprint density at radius 3 is 2.43 bits per heavy atom. The van der Waals surface area contributed by atoms with Crippen molar-refractivity contribution >= 4 is 17.7 Å². The van der Waals surface area contributed by atoms with E-state index in [9.17, 15) is 14.4 Å². The van der Waals surface area contributed by atoms with Gasteiger partial charge in [-0.25, -0.2) is 0 Å². The van der Waals surface area contributed by atoms with Gasteiger partial charge in [0.2, 0.25) is 17.7 Å². The number of nitrogens with one attached hydrogen (secondary N) is 1. The quantitative estimate of drug-likeness (QED) is 0.672. The summed E-state index contributed by atoms with van der Waals surface area (Å²) in [7, 11) is 0. The van der Waals surface area contributed by atoms with Gasteiger partial charge in [-0.05, 0) is 23.8 Å². The Kier molecular flexibility index (Phi) is 8.41. The van der Waals surface area contributed by atoms with Crippen LogP contribution in [0.1, 0.15) is 46.1 Å². The van der Waals surface area contributed by atoms with Crippen LogP contribution in [-0.4, -0.2) is 65.8 Å². The van der Waals surface area contributed by atoms with Gasteiger partial charge in [0.25, 0.3) is 0 Å². The third-order valence-electron chi connectivity index (χ3n) is 5.36. The van der Waals surface area contributed by atoms with E-state index in [0.717, 1.165) is 12.0 Å². The van der Waals surface area contributed by atoms with Crippen molar-refractivity contribution < 1.29 is 14.4 Å². The molecule has 0 aliphatic carbocycles. The fourth-order valence-corrected chi connectivity index (χ4v) is 3.91. The average Bonchev–Trinajstić information content (AvgIpc) is 3.11. The number of benzene rings is 1. The lowest BCUT2D eigenvalue weighted by Gasteiger charge is -2.31. The van der Waals surface area contributed by atoms with Crippen molar-refractivity contribution in [3.8, 4) is 0 Å². The van der Waals surface area contributed by atoms with E-state index in [1.807, 2.05) is 56.0 Å². The number of nitrogens with two attached hydrogens (primary N) is 1. The normalized spacial score (nSPS) is 18.9. The molecule has 1 fully saturated rings. The fraction of sp³-hybridized carbons (Fsp3) is 0.609. The lowest BCUT2D eigenvalue weighted by atomic mass is 9.91. The average molecular weight is 417 g/mol. The standard InChI is InChI=1S/C23H36N4O3/c1-17(28)27-16-19(14-20(27)22(30)25-12-11-24)26(21(29)15-23(2,3)4)13-10-18-8-6-5-7-9-18/h5-9,19-20H,10-16,24H2,1-4H3,(H,25,30). The van der Waals surface area contributed by atoms with Crippen molar-refractivity contribution in [3.63, 3.8) is 0 Å². The maximum Gasteiger partial charge on any atom is 0.242 e. The number of amides is 3. The first kappa shape index (κ1) is 23.9. The first-order chi connectivity index (χ1) is 14.1. The van der Waals surface area contributed by atoms with Gasteiger partial charge in [-0.1, -0.05) is 51.1 Å². The lowest BCUT2D eigenvalue weighted by molar-refractivity contribution is -0.137. The highest BCUT2D eigenvalue weighted by Gasteiger charge is 2.42. The minimum Gasteiger partial charge on any atom is -0.353 e. The van der Waals surface area contributed by atoms with E-state index in [4.69, 9.17) is 5.73 Å². The Balaban J connectivity index is 2.19. The van der Waals surface area contributed by atoms with Crippen LogP contribution in [0.4, 0.5) is 0 Å². The highest BCUT2D eigenvalue weighted by Crippen LogP contribution is 2.27. The summed E-state index contributed by atoms with van der Waals surface area (Å²) < 4.78 is 0. The van der Waals surface area contributed by atoms with E-state index in [-0.39, 0.29) is 29.2 Å². The monoisotopic (exact) mass is 416 g/mol. The van der Waals surface area contributed by atoms with Crippen LogP contribution < -0.4 is 11.1 Å². The highest BCUT2D eigenvalue weighted by atomic mass is 16.2. The maximum absolute atomic E-state index is 13.2. The second kappa shape index (κ2) is 10.6. The van der Waals surface area contributed by atoms with Crippen LogP contribution in [-0.2, 0) is 20.8 Å². The number of hydrogen-bond acceptors (Lipinski definition) is 4. The van der Waals surface area contributed by atoms with Crippen molar-refractivity contribution in [2.75, 3.05) is 26.2 Å². The largest absolute Gasteiger partial charge is 0.353 e. The van der Waals surface area contributed by atoms with E-state index in [1.54, 1.807) is 4.90 Å². The Hall–Kier alpha value is -2.41. The smallest absolute Gasteiger partial charge is 0.242 e. The molecule has 0 saturated carbocycles. The zero-order valence-corrected chi connectivity index (χ0v) is 18.7. The van der Waals surface area contributed by atoms with Gasteiger partial charge in [0.05, 0.1) is 6.04 Å². The molecule has 0 aromatic heterocycles. The molecule has 3 amide bonds. The minimum absolute atomic E-state index is 0.0648. The molecule has 0 spiro atoms. The van der Waals surface area contributed by atoms with Crippen molar-refractivity contribution in [2.45, 2.75) is 59.0 Å². The zero-order chi connectivity index (χ0) is 22.3. The summed E-state index contributed by atoms with van der Waals surface area (Å²) in [5, 5.41) is 2.78. The summed E-state index contributed by atoms with van der Waals surface area (Å²) in [5.74, 6) is -0.295. The van der Waals surface area contributed by atoms with Crippen LogP contribution in [0.2, 0.25) is 0 Å². The predicted octanol–water partition coefficient (Wildman–Crippen LogP) is 1.56. The number of carbonyl (C=O) groups excluding carboxylic acids is 3. The molecule has 2 rings (SSSR count).